The van der Waals surface area contributed by atoms with Crippen molar-refractivity contribution in [3.05, 3.63) is 36.1 Å². The first-order chi connectivity index (χ1) is 8.06. The Morgan fingerprint density at radius 3 is 2.35 bits per heavy atom. The molecule has 0 atom stereocenters. The van der Waals surface area contributed by atoms with Crippen LogP contribution < -0.4 is 10.6 Å². The van der Waals surface area contributed by atoms with Crippen LogP contribution in [0.25, 0.3) is 11.3 Å². The molecule has 1 heterocycles. The summed E-state index contributed by atoms with van der Waals surface area (Å²) in [4.78, 5) is 10.2. The van der Waals surface area contributed by atoms with Crippen molar-refractivity contribution in [1.29, 1.82) is 0 Å². The highest BCUT2D eigenvalue weighted by Gasteiger charge is 2.06. The first-order valence-electron chi connectivity index (χ1n) is 5.14. The fourth-order valence-electron chi connectivity index (χ4n) is 1.42. The number of anilines is 2. The molecule has 0 saturated heterocycles. The SMILES string of the molecule is CN(C)c1nc(N)cc(-c2ccc(F)cc2)n1. The molecule has 0 radical (unpaired) electrons. The summed E-state index contributed by atoms with van der Waals surface area (Å²) in [5.74, 6) is 0.649. The van der Waals surface area contributed by atoms with Gasteiger partial charge in [-0.05, 0) is 24.3 Å². The van der Waals surface area contributed by atoms with E-state index >= 15 is 0 Å². The smallest absolute Gasteiger partial charge is 0.227 e. The van der Waals surface area contributed by atoms with E-state index in [0.717, 1.165) is 5.56 Å². The number of aromatic nitrogens is 2. The fourth-order valence-corrected chi connectivity index (χ4v) is 1.42. The predicted octanol–water partition coefficient (Wildman–Crippen LogP) is 1.93. The van der Waals surface area contributed by atoms with Crippen molar-refractivity contribution in [1.82, 2.24) is 9.97 Å². The van der Waals surface area contributed by atoms with Crippen molar-refractivity contribution >= 4 is 11.8 Å². The zero-order valence-corrected chi connectivity index (χ0v) is 9.68. The van der Waals surface area contributed by atoms with E-state index in [1.807, 2.05) is 14.1 Å². The van der Waals surface area contributed by atoms with Crippen molar-refractivity contribution in [2.45, 2.75) is 0 Å². The zero-order valence-electron chi connectivity index (χ0n) is 9.68. The highest BCUT2D eigenvalue weighted by atomic mass is 19.1. The molecule has 2 aromatic rings. The molecule has 0 amide bonds. The van der Waals surface area contributed by atoms with Crippen LogP contribution >= 0.6 is 0 Å². The monoisotopic (exact) mass is 232 g/mol. The average molecular weight is 232 g/mol. The minimum Gasteiger partial charge on any atom is -0.384 e. The van der Waals surface area contributed by atoms with Gasteiger partial charge < -0.3 is 10.6 Å². The summed E-state index contributed by atoms with van der Waals surface area (Å²) in [6.07, 6.45) is 0. The summed E-state index contributed by atoms with van der Waals surface area (Å²) in [6.45, 7) is 0. The molecule has 0 aliphatic rings. The largest absolute Gasteiger partial charge is 0.384 e. The van der Waals surface area contributed by atoms with Crippen molar-refractivity contribution in [2.75, 3.05) is 24.7 Å². The predicted molar refractivity (Wildman–Crippen MR) is 66.2 cm³/mol. The number of hydrogen-bond donors (Lipinski definition) is 1. The molecule has 0 spiro atoms. The molecular weight excluding hydrogens is 219 g/mol. The summed E-state index contributed by atoms with van der Waals surface area (Å²) in [6, 6.07) is 7.78. The summed E-state index contributed by atoms with van der Waals surface area (Å²) in [7, 11) is 3.67. The van der Waals surface area contributed by atoms with E-state index in [-0.39, 0.29) is 5.82 Å². The molecule has 0 unspecified atom stereocenters. The molecule has 88 valence electrons. The summed E-state index contributed by atoms with van der Waals surface area (Å²) >= 11 is 0. The number of nitrogens with zero attached hydrogens (tertiary/aromatic N) is 3. The second-order valence-corrected chi connectivity index (χ2v) is 3.88. The van der Waals surface area contributed by atoms with Crippen LogP contribution in [-0.2, 0) is 0 Å². The van der Waals surface area contributed by atoms with Crippen LogP contribution in [0.15, 0.2) is 30.3 Å². The van der Waals surface area contributed by atoms with Gasteiger partial charge in [-0.2, -0.15) is 4.98 Å². The first kappa shape index (κ1) is 11.3. The van der Waals surface area contributed by atoms with Crippen molar-refractivity contribution in [3.8, 4) is 11.3 Å². The standard InChI is InChI=1S/C12H13FN4/c1-17(2)12-15-10(7-11(14)16-12)8-3-5-9(13)6-4-8/h3-7H,1-2H3,(H2,14,15,16). The van der Waals surface area contributed by atoms with Gasteiger partial charge in [-0.25, -0.2) is 9.37 Å². The molecule has 0 aliphatic carbocycles. The molecule has 0 saturated carbocycles. The number of nitrogens with two attached hydrogens (primary N) is 1. The highest BCUT2D eigenvalue weighted by molar-refractivity contribution is 5.63. The number of benzene rings is 1. The molecule has 17 heavy (non-hydrogen) atoms. The maximum Gasteiger partial charge on any atom is 0.227 e. The van der Waals surface area contributed by atoms with Gasteiger partial charge >= 0.3 is 0 Å². The Morgan fingerprint density at radius 2 is 1.76 bits per heavy atom. The lowest BCUT2D eigenvalue weighted by molar-refractivity contribution is 0.628. The number of hydrogen-bond acceptors (Lipinski definition) is 4. The van der Waals surface area contributed by atoms with Gasteiger partial charge in [0, 0.05) is 25.7 Å². The Kier molecular flexibility index (Phi) is 2.91. The fraction of sp³-hybridized carbons (Fsp3) is 0.167. The van der Waals surface area contributed by atoms with E-state index in [2.05, 4.69) is 9.97 Å². The molecule has 0 aliphatic heterocycles. The van der Waals surface area contributed by atoms with Crippen LogP contribution in [0.4, 0.5) is 16.2 Å². The van der Waals surface area contributed by atoms with Gasteiger partial charge in [-0.15, -0.1) is 0 Å². The van der Waals surface area contributed by atoms with Crippen molar-refractivity contribution in [3.63, 3.8) is 0 Å². The lowest BCUT2D eigenvalue weighted by atomic mass is 10.1. The second-order valence-electron chi connectivity index (χ2n) is 3.88. The molecular formula is C12H13FN4. The van der Waals surface area contributed by atoms with E-state index in [4.69, 9.17) is 5.73 Å². The van der Waals surface area contributed by atoms with Gasteiger partial charge in [-0.3, -0.25) is 0 Å². The summed E-state index contributed by atoms with van der Waals surface area (Å²) < 4.78 is 12.8. The number of nitrogen functional groups attached to an aromatic ring is 1. The Morgan fingerprint density at radius 1 is 1.12 bits per heavy atom. The summed E-state index contributed by atoms with van der Waals surface area (Å²) in [5, 5.41) is 0. The third-order valence-corrected chi connectivity index (χ3v) is 2.27. The first-order valence-corrected chi connectivity index (χ1v) is 5.14. The van der Waals surface area contributed by atoms with Gasteiger partial charge in [-0.1, -0.05) is 0 Å². The Balaban J connectivity index is 2.48. The number of halogens is 1. The Bertz CT molecular complexity index is 523. The quantitative estimate of drug-likeness (QED) is 0.859. The Labute approximate surface area is 98.9 Å². The van der Waals surface area contributed by atoms with Crippen LogP contribution in [0.1, 0.15) is 0 Å². The van der Waals surface area contributed by atoms with Gasteiger partial charge in [0.15, 0.2) is 0 Å². The highest BCUT2D eigenvalue weighted by Crippen LogP contribution is 2.21. The minimum atomic E-state index is -0.274. The molecule has 2 N–H and O–H groups in total. The average Bonchev–Trinajstić information content (AvgIpc) is 2.29. The van der Waals surface area contributed by atoms with Crippen LogP contribution in [0, 0.1) is 5.82 Å². The summed E-state index contributed by atoms with van der Waals surface area (Å²) in [5.41, 5.74) is 7.20. The van der Waals surface area contributed by atoms with Crippen LogP contribution in [0.2, 0.25) is 0 Å². The third kappa shape index (κ3) is 2.50. The Hall–Kier alpha value is -2.17. The van der Waals surface area contributed by atoms with E-state index in [9.17, 15) is 4.39 Å². The van der Waals surface area contributed by atoms with E-state index < -0.39 is 0 Å². The molecule has 1 aromatic carbocycles. The van der Waals surface area contributed by atoms with Gasteiger partial charge in [0.25, 0.3) is 0 Å². The van der Waals surface area contributed by atoms with Crippen LogP contribution in [0.5, 0.6) is 0 Å². The van der Waals surface area contributed by atoms with Crippen LogP contribution in [0.3, 0.4) is 0 Å². The molecule has 0 bridgehead atoms. The second kappa shape index (κ2) is 4.37. The topological polar surface area (TPSA) is 55.0 Å². The maximum atomic E-state index is 12.8. The molecule has 2 rings (SSSR count). The molecule has 0 fully saturated rings. The van der Waals surface area contributed by atoms with Gasteiger partial charge in [0.05, 0.1) is 5.69 Å². The molecule has 1 aromatic heterocycles. The third-order valence-electron chi connectivity index (χ3n) is 2.27. The van der Waals surface area contributed by atoms with Crippen LogP contribution in [-0.4, -0.2) is 24.1 Å². The lowest BCUT2D eigenvalue weighted by Crippen LogP contribution is -2.13. The van der Waals surface area contributed by atoms with E-state index in [1.54, 1.807) is 23.1 Å². The van der Waals surface area contributed by atoms with E-state index in [0.29, 0.717) is 17.5 Å². The lowest BCUT2D eigenvalue weighted by Gasteiger charge is -2.12. The minimum absolute atomic E-state index is 0.274. The number of rotatable bonds is 2. The molecule has 5 heteroatoms. The van der Waals surface area contributed by atoms with Crippen molar-refractivity contribution in [2.24, 2.45) is 0 Å². The van der Waals surface area contributed by atoms with E-state index in [1.165, 1.54) is 12.1 Å². The normalized spacial score (nSPS) is 10.3. The van der Waals surface area contributed by atoms with Crippen molar-refractivity contribution < 1.29 is 4.39 Å². The zero-order chi connectivity index (χ0) is 12.4. The molecule has 4 nitrogen and oxygen atoms in total. The van der Waals surface area contributed by atoms with Gasteiger partial charge in [0.1, 0.15) is 11.6 Å². The maximum absolute atomic E-state index is 12.8. The van der Waals surface area contributed by atoms with Gasteiger partial charge in [0.2, 0.25) is 5.95 Å².